The Morgan fingerprint density at radius 2 is 1.56 bits per heavy atom. The van der Waals surface area contributed by atoms with Gasteiger partial charge in [0.1, 0.15) is 11.6 Å². The molecular weight excluding hydrogens is 503 g/mol. The van der Waals surface area contributed by atoms with Gasteiger partial charge in [0.25, 0.3) is 11.8 Å². The highest BCUT2D eigenvalue weighted by Gasteiger charge is 2.58. The Morgan fingerprint density at radius 1 is 0.972 bits per heavy atom. The van der Waals surface area contributed by atoms with Crippen LogP contribution in [0.3, 0.4) is 0 Å². The standard InChI is InChI=1S/C26H28Cl2N4O4/c1-16(2)21(29-22(33)17-13-18(27)15-19(28)14-17)23(34)31-11-9-26(10-12-31)24(35)30(3)25(36)32(26)20-7-5-4-6-8-20/h4-8,13-16,21H,9-12H2,1-3H3,(H,29,33). The molecular formula is C26H28Cl2N4O4. The van der Waals surface area contributed by atoms with E-state index in [1.807, 2.05) is 32.0 Å². The van der Waals surface area contributed by atoms with Crippen molar-refractivity contribution in [2.24, 2.45) is 5.92 Å². The molecule has 2 fully saturated rings. The molecule has 0 saturated carbocycles. The average molecular weight is 531 g/mol. The maximum atomic E-state index is 13.5. The lowest BCUT2D eigenvalue weighted by molar-refractivity contribution is -0.139. The molecule has 2 aliphatic heterocycles. The zero-order valence-electron chi connectivity index (χ0n) is 20.3. The van der Waals surface area contributed by atoms with Gasteiger partial charge in [-0.05, 0) is 49.1 Å². The maximum absolute atomic E-state index is 13.5. The molecule has 0 bridgehead atoms. The molecule has 1 N–H and O–H groups in total. The van der Waals surface area contributed by atoms with Gasteiger partial charge >= 0.3 is 6.03 Å². The van der Waals surface area contributed by atoms with Gasteiger partial charge < -0.3 is 10.2 Å². The van der Waals surface area contributed by atoms with E-state index >= 15 is 0 Å². The number of nitrogens with one attached hydrogen (secondary N) is 1. The van der Waals surface area contributed by atoms with E-state index in [9.17, 15) is 19.2 Å². The second-order valence-electron chi connectivity index (χ2n) is 9.53. The summed E-state index contributed by atoms with van der Waals surface area (Å²) in [5, 5.41) is 3.46. The third kappa shape index (κ3) is 4.67. The number of piperidine rings is 1. The van der Waals surface area contributed by atoms with Crippen molar-refractivity contribution in [2.45, 2.75) is 38.3 Å². The Kier molecular flexibility index (Phi) is 7.29. The number of urea groups is 1. The molecule has 0 radical (unpaired) electrons. The number of halogens is 2. The largest absolute Gasteiger partial charge is 0.341 e. The van der Waals surface area contributed by atoms with Crippen LogP contribution < -0.4 is 10.2 Å². The number of carbonyl (C=O) groups excluding carboxylic acids is 4. The van der Waals surface area contributed by atoms with Crippen molar-refractivity contribution in [2.75, 3.05) is 25.0 Å². The summed E-state index contributed by atoms with van der Waals surface area (Å²) < 4.78 is 0. The van der Waals surface area contributed by atoms with Crippen molar-refractivity contribution in [1.82, 2.24) is 15.1 Å². The highest BCUT2D eigenvalue weighted by atomic mass is 35.5. The molecule has 8 nitrogen and oxygen atoms in total. The van der Waals surface area contributed by atoms with Gasteiger partial charge in [0.05, 0.1) is 0 Å². The van der Waals surface area contributed by atoms with Gasteiger partial charge in [-0.1, -0.05) is 55.2 Å². The summed E-state index contributed by atoms with van der Waals surface area (Å²) in [4.78, 5) is 57.0. The summed E-state index contributed by atoms with van der Waals surface area (Å²) in [5.74, 6) is -1.14. The number of amides is 5. The zero-order chi connectivity index (χ0) is 26.2. The van der Waals surface area contributed by atoms with E-state index < -0.39 is 17.5 Å². The van der Waals surface area contributed by atoms with Crippen LogP contribution in [0.2, 0.25) is 10.0 Å². The number of likely N-dealkylation sites (tertiary alicyclic amines) is 1. The van der Waals surface area contributed by atoms with Crippen molar-refractivity contribution in [1.29, 1.82) is 0 Å². The van der Waals surface area contributed by atoms with Crippen LogP contribution in [0.4, 0.5) is 10.5 Å². The molecule has 2 aliphatic rings. The number of benzene rings is 2. The van der Waals surface area contributed by atoms with E-state index in [2.05, 4.69) is 5.32 Å². The lowest BCUT2D eigenvalue weighted by Gasteiger charge is -2.43. The number of likely N-dealkylation sites (N-methyl/N-ethyl adjacent to an activating group) is 1. The van der Waals surface area contributed by atoms with Crippen LogP contribution in [0.25, 0.3) is 0 Å². The molecule has 1 atom stereocenters. The first-order valence-corrected chi connectivity index (χ1v) is 12.5. The van der Waals surface area contributed by atoms with E-state index in [4.69, 9.17) is 23.2 Å². The number of carbonyl (C=O) groups is 4. The number of imide groups is 1. The number of hydrogen-bond acceptors (Lipinski definition) is 4. The van der Waals surface area contributed by atoms with Crippen molar-refractivity contribution >= 4 is 52.6 Å². The van der Waals surface area contributed by atoms with Crippen molar-refractivity contribution < 1.29 is 19.2 Å². The summed E-state index contributed by atoms with van der Waals surface area (Å²) in [6.45, 7) is 4.25. The zero-order valence-corrected chi connectivity index (χ0v) is 21.8. The fraction of sp³-hybridized carbons (Fsp3) is 0.385. The second-order valence-corrected chi connectivity index (χ2v) is 10.4. The van der Waals surface area contributed by atoms with Crippen molar-refractivity contribution in [3.63, 3.8) is 0 Å². The van der Waals surface area contributed by atoms with Gasteiger partial charge in [-0.3, -0.25) is 24.2 Å². The number of hydrogen-bond donors (Lipinski definition) is 1. The molecule has 1 unspecified atom stereocenters. The summed E-state index contributed by atoms with van der Waals surface area (Å²) in [5.41, 5.74) is -0.134. The number of para-hydroxylation sites is 1. The molecule has 2 heterocycles. The molecule has 190 valence electrons. The normalized spacial score (nSPS) is 18.2. The highest BCUT2D eigenvalue weighted by molar-refractivity contribution is 6.35. The molecule has 2 aromatic carbocycles. The monoisotopic (exact) mass is 530 g/mol. The number of rotatable bonds is 5. The van der Waals surface area contributed by atoms with Crippen LogP contribution in [0.15, 0.2) is 48.5 Å². The van der Waals surface area contributed by atoms with Crippen LogP contribution in [-0.2, 0) is 9.59 Å². The number of nitrogens with zero attached hydrogens (tertiary/aromatic N) is 3. The predicted octanol–water partition coefficient (Wildman–Crippen LogP) is 4.21. The summed E-state index contributed by atoms with van der Waals surface area (Å²) in [7, 11) is 1.49. The molecule has 0 aliphatic carbocycles. The Labute approximate surface area is 220 Å². The molecule has 0 aromatic heterocycles. The quantitative estimate of drug-likeness (QED) is 0.586. The maximum Gasteiger partial charge on any atom is 0.331 e. The fourth-order valence-electron chi connectivity index (χ4n) is 4.92. The summed E-state index contributed by atoms with van der Waals surface area (Å²) >= 11 is 12.1. The topological polar surface area (TPSA) is 90.0 Å². The minimum absolute atomic E-state index is 0.186. The van der Waals surface area contributed by atoms with E-state index in [0.717, 1.165) is 4.90 Å². The molecule has 2 aromatic rings. The van der Waals surface area contributed by atoms with E-state index in [-0.39, 0.29) is 42.4 Å². The first-order valence-electron chi connectivity index (χ1n) is 11.8. The van der Waals surface area contributed by atoms with Crippen LogP contribution in [0, 0.1) is 5.92 Å². The van der Waals surface area contributed by atoms with Crippen molar-refractivity contribution in [3.8, 4) is 0 Å². The third-order valence-electron chi connectivity index (χ3n) is 6.87. The molecule has 36 heavy (non-hydrogen) atoms. The minimum Gasteiger partial charge on any atom is -0.341 e. The van der Waals surface area contributed by atoms with Crippen LogP contribution in [0.1, 0.15) is 37.0 Å². The lowest BCUT2D eigenvalue weighted by Crippen LogP contribution is -2.60. The Balaban J connectivity index is 1.51. The highest BCUT2D eigenvalue weighted by Crippen LogP contribution is 2.40. The Morgan fingerprint density at radius 3 is 2.11 bits per heavy atom. The molecule has 2 saturated heterocycles. The van der Waals surface area contributed by atoms with Gasteiger partial charge in [-0.15, -0.1) is 0 Å². The smallest absolute Gasteiger partial charge is 0.331 e. The summed E-state index contributed by atoms with van der Waals surface area (Å²) in [6.07, 6.45) is 0.594. The fourth-order valence-corrected chi connectivity index (χ4v) is 5.44. The third-order valence-corrected chi connectivity index (χ3v) is 7.31. The first-order chi connectivity index (χ1) is 17.0. The Hall–Kier alpha value is -3.10. The molecule has 1 spiro atoms. The van der Waals surface area contributed by atoms with Gasteiger partial charge in [0, 0.05) is 41.4 Å². The van der Waals surface area contributed by atoms with Crippen LogP contribution in [-0.4, -0.2) is 65.3 Å². The van der Waals surface area contributed by atoms with E-state index in [0.29, 0.717) is 28.6 Å². The van der Waals surface area contributed by atoms with Gasteiger partial charge in [0.15, 0.2) is 0 Å². The SMILES string of the molecule is CC(C)C(NC(=O)c1cc(Cl)cc(Cl)c1)C(=O)N1CCC2(CC1)C(=O)N(C)C(=O)N2c1ccccc1. The van der Waals surface area contributed by atoms with Crippen molar-refractivity contribution in [3.05, 3.63) is 64.1 Å². The van der Waals surface area contributed by atoms with E-state index in [1.165, 1.54) is 25.2 Å². The first kappa shape index (κ1) is 26.0. The molecule has 10 heteroatoms. The second kappa shape index (κ2) is 10.1. The summed E-state index contributed by atoms with van der Waals surface area (Å²) in [6, 6.07) is 12.4. The predicted molar refractivity (Wildman–Crippen MR) is 138 cm³/mol. The number of anilines is 1. The van der Waals surface area contributed by atoms with E-state index in [1.54, 1.807) is 21.9 Å². The molecule has 5 amide bonds. The van der Waals surface area contributed by atoms with Gasteiger partial charge in [-0.2, -0.15) is 0 Å². The van der Waals surface area contributed by atoms with Crippen LogP contribution >= 0.6 is 23.2 Å². The minimum atomic E-state index is -1.04. The Bertz CT molecular complexity index is 1180. The molecule has 4 rings (SSSR count). The van der Waals surface area contributed by atoms with Gasteiger partial charge in [-0.25, -0.2) is 4.79 Å². The van der Waals surface area contributed by atoms with Crippen LogP contribution in [0.5, 0.6) is 0 Å². The van der Waals surface area contributed by atoms with Gasteiger partial charge in [0.2, 0.25) is 5.91 Å². The lowest BCUT2D eigenvalue weighted by atomic mass is 9.85. The average Bonchev–Trinajstić information content (AvgIpc) is 3.02.